The number of benzene rings is 1. The molecule has 0 bridgehead atoms. The first-order chi connectivity index (χ1) is 10.3. The second-order valence-electron chi connectivity index (χ2n) is 4.49. The minimum Gasteiger partial charge on any atom is -0.298 e. The fourth-order valence-corrected chi connectivity index (χ4v) is 3.92. The standard InChI is InChI=1S/C12H18Cl2N3O4P/c1-10(11-2-4-12(5-3-11)17(18)19)21-22(15,20)16(8-6-13)9-7-14/h2-5,10H,6-9H2,1H3,(H2,15,20)/t10-,22?/m0/s1. The molecule has 0 aromatic heterocycles. The third-order valence-corrected chi connectivity index (χ3v) is 5.11. The van der Waals surface area contributed by atoms with Gasteiger partial charge < -0.3 is 0 Å². The summed E-state index contributed by atoms with van der Waals surface area (Å²) >= 11 is 11.3. The summed E-state index contributed by atoms with van der Waals surface area (Å²) in [6.45, 7) is 2.24. The molecule has 2 N–H and O–H groups in total. The van der Waals surface area contributed by atoms with E-state index in [0.717, 1.165) is 0 Å². The van der Waals surface area contributed by atoms with Crippen LogP contribution in [0, 0.1) is 10.1 Å². The lowest BCUT2D eigenvalue weighted by Gasteiger charge is -2.29. The molecule has 7 nitrogen and oxygen atoms in total. The van der Waals surface area contributed by atoms with Gasteiger partial charge in [-0.3, -0.25) is 19.2 Å². The molecule has 0 heterocycles. The fraction of sp³-hybridized carbons (Fsp3) is 0.500. The Kier molecular flexibility index (Phi) is 7.76. The summed E-state index contributed by atoms with van der Waals surface area (Å²) in [6.07, 6.45) is -0.593. The summed E-state index contributed by atoms with van der Waals surface area (Å²) in [5, 5.41) is 10.6. The zero-order valence-electron chi connectivity index (χ0n) is 12.0. The fourth-order valence-electron chi connectivity index (χ4n) is 1.81. The number of nitro groups is 1. The number of nitrogens with zero attached hydrogens (tertiary/aromatic N) is 2. The van der Waals surface area contributed by atoms with Gasteiger partial charge >= 0.3 is 7.67 Å². The van der Waals surface area contributed by atoms with Gasteiger partial charge in [0.05, 0.1) is 11.0 Å². The second-order valence-corrected chi connectivity index (χ2v) is 7.15. The third-order valence-electron chi connectivity index (χ3n) is 2.96. The average Bonchev–Trinajstić information content (AvgIpc) is 2.46. The zero-order chi connectivity index (χ0) is 16.8. The number of rotatable bonds is 9. The molecule has 0 radical (unpaired) electrons. The third kappa shape index (κ3) is 5.50. The van der Waals surface area contributed by atoms with Crippen LogP contribution < -0.4 is 5.50 Å². The Balaban J connectivity index is 2.82. The van der Waals surface area contributed by atoms with Crippen molar-refractivity contribution in [3.8, 4) is 0 Å². The summed E-state index contributed by atoms with van der Waals surface area (Å²) < 4.78 is 19.4. The van der Waals surface area contributed by atoms with Crippen molar-refractivity contribution in [3.05, 3.63) is 39.9 Å². The van der Waals surface area contributed by atoms with E-state index in [1.54, 1.807) is 6.92 Å². The Labute approximate surface area is 139 Å². The number of non-ortho nitro benzene ring substituents is 1. The van der Waals surface area contributed by atoms with E-state index in [-0.39, 0.29) is 30.5 Å². The molecular formula is C12H18Cl2N3O4P. The minimum absolute atomic E-state index is 0.0298. The molecule has 0 saturated carbocycles. The van der Waals surface area contributed by atoms with Crippen LogP contribution in [0.5, 0.6) is 0 Å². The van der Waals surface area contributed by atoms with Gasteiger partial charge in [-0.1, -0.05) is 0 Å². The van der Waals surface area contributed by atoms with Gasteiger partial charge in [0.2, 0.25) is 0 Å². The van der Waals surface area contributed by atoms with E-state index in [9.17, 15) is 14.7 Å². The highest BCUT2D eigenvalue weighted by Crippen LogP contribution is 2.46. The lowest BCUT2D eigenvalue weighted by Crippen LogP contribution is -2.30. The number of nitrogens with two attached hydrogens (primary N) is 1. The van der Waals surface area contributed by atoms with Crippen molar-refractivity contribution in [3.63, 3.8) is 0 Å². The lowest BCUT2D eigenvalue weighted by molar-refractivity contribution is -0.384. The van der Waals surface area contributed by atoms with Crippen molar-refractivity contribution in [2.75, 3.05) is 24.8 Å². The highest BCUT2D eigenvalue weighted by molar-refractivity contribution is 7.53. The molecule has 10 heteroatoms. The van der Waals surface area contributed by atoms with E-state index in [1.807, 2.05) is 0 Å². The minimum atomic E-state index is -3.56. The van der Waals surface area contributed by atoms with Gasteiger partial charge in [-0.15, -0.1) is 23.2 Å². The van der Waals surface area contributed by atoms with Crippen molar-refractivity contribution in [2.45, 2.75) is 13.0 Å². The van der Waals surface area contributed by atoms with Crippen molar-refractivity contribution >= 4 is 36.6 Å². The monoisotopic (exact) mass is 369 g/mol. The molecule has 0 aliphatic carbocycles. The first-order valence-electron chi connectivity index (χ1n) is 6.50. The molecule has 22 heavy (non-hydrogen) atoms. The SMILES string of the molecule is C[C@H](OP(N)(=O)N(CCCl)CCCl)c1ccc([N+](=O)[O-])cc1. The summed E-state index contributed by atoms with van der Waals surface area (Å²) in [4.78, 5) is 10.1. The molecular weight excluding hydrogens is 352 g/mol. The molecule has 1 unspecified atom stereocenters. The summed E-state index contributed by atoms with van der Waals surface area (Å²) in [5.74, 6) is 0.487. The molecule has 2 atom stereocenters. The van der Waals surface area contributed by atoms with Crippen LogP contribution in [-0.2, 0) is 9.09 Å². The normalized spacial score (nSPS) is 15.5. The maximum Gasteiger partial charge on any atom is 0.341 e. The van der Waals surface area contributed by atoms with Crippen molar-refractivity contribution in [1.82, 2.24) is 4.67 Å². The van der Waals surface area contributed by atoms with Gasteiger partial charge in [0.1, 0.15) is 0 Å². The quantitative estimate of drug-likeness (QED) is 0.309. The predicted octanol–water partition coefficient (Wildman–Crippen LogP) is 3.52. The van der Waals surface area contributed by atoms with Crippen LogP contribution in [0.3, 0.4) is 0 Å². The maximum atomic E-state index is 12.5. The second kappa shape index (κ2) is 8.82. The summed E-state index contributed by atoms with van der Waals surface area (Å²) in [6, 6.07) is 5.78. The summed E-state index contributed by atoms with van der Waals surface area (Å²) in [7, 11) is -3.56. The van der Waals surface area contributed by atoms with E-state index in [4.69, 9.17) is 33.2 Å². The van der Waals surface area contributed by atoms with Crippen LogP contribution in [-0.4, -0.2) is 34.4 Å². The molecule has 1 aromatic rings. The molecule has 1 rings (SSSR count). The van der Waals surface area contributed by atoms with Gasteiger partial charge in [-0.25, -0.2) is 10.2 Å². The maximum absolute atomic E-state index is 12.5. The van der Waals surface area contributed by atoms with Gasteiger partial charge in [0.25, 0.3) is 5.69 Å². The van der Waals surface area contributed by atoms with Crippen LogP contribution >= 0.6 is 30.9 Å². The molecule has 0 aliphatic rings. The molecule has 124 valence electrons. The smallest absolute Gasteiger partial charge is 0.298 e. The number of halogens is 2. The Morgan fingerprint density at radius 3 is 2.23 bits per heavy atom. The molecule has 0 fully saturated rings. The summed E-state index contributed by atoms with van der Waals surface area (Å²) in [5.41, 5.74) is 6.39. The van der Waals surface area contributed by atoms with E-state index < -0.39 is 18.7 Å². The predicted molar refractivity (Wildman–Crippen MR) is 87.4 cm³/mol. The van der Waals surface area contributed by atoms with Gasteiger partial charge in [-0.2, -0.15) is 0 Å². The van der Waals surface area contributed by atoms with E-state index >= 15 is 0 Å². The number of nitro benzene ring substituents is 1. The van der Waals surface area contributed by atoms with Crippen molar-refractivity contribution < 1.29 is 14.0 Å². The molecule has 0 spiro atoms. The average molecular weight is 370 g/mol. The highest BCUT2D eigenvalue weighted by atomic mass is 35.5. The Morgan fingerprint density at radius 1 is 1.32 bits per heavy atom. The molecule has 1 aromatic carbocycles. The number of hydrogen-bond acceptors (Lipinski definition) is 4. The van der Waals surface area contributed by atoms with Crippen LogP contribution in [0.4, 0.5) is 5.69 Å². The van der Waals surface area contributed by atoms with Crippen molar-refractivity contribution in [2.24, 2.45) is 5.50 Å². The Hall–Kier alpha value is -0.690. The van der Waals surface area contributed by atoms with Crippen LogP contribution in [0.15, 0.2) is 24.3 Å². The molecule has 0 aliphatic heterocycles. The zero-order valence-corrected chi connectivity index (χ0v) is 14.4. The molecule has 0 amide bonds. The van der Waals surface area contributed by atoms with Gasteiger partial charge in [0.15, 0.2) is 0 Å². The van der Waals surface area contributed by atoms with Gasteiger partial charge in [0, 0.05) is 37.0 Å². The van der Waals surface area contributed by atoms with Crippen LogP contribution in [0.2, 0.25) is 0 Å². The van der Waals surface area contributed by atoms with E-state index in [1.165, 1.54) is 28.9 Å². The van der Waals surface area contributed by atoms with Crippen LogP contribution in [0.1, 0.15) is 18.6 Å². The highest BCUT2D eigenvalue weighted by Gasteiger charge is 2.29. The Morgan fingerprint density at radius 2 is 1.82 bits per heavy atom. The first-order valence-corrected chi connectivity index (χ1v) is 9.22. The van der Waals surface area contributed by atoms with E-state index in [0.29, 0.717) is 5.56 Å². The van der Waals surface area contributed by atoms with E-state index in [2.05, 4.69) is 0 Å². The Bertz CT molecular complexity index is 538. The molecule has 0 saturated heterocycles. The first kappa shape index (κ1) is 19.4. The van der Waals surface area contributed by atoms with Gasteiger partial charge in [-0.05, 0) is 24.6 Å². The van der Waals surface area contributed by atoms with Crippen molar-refractivity contribution in [1.29, 1.82) is 0 Å². The number of hydrogen-bond donors (Lipinski definition) is 1. The topological polar surface area (TPSA) is 98.7 Å². The number of alkyl halides is 2. The largest absolute Gasteiger partial charge is 0.341 e. The van der Waals surface area contributed by atoms with Crippen LogP contribution in [0.25, 0.3) is 0 Å². The lowest BCUT2D eigenvalue weighted by atomic mass is 10.1.